The SMILES string of the molecule is [B]C(N)(CC(=O)O)C(=O)O. The van der Waals surface area contributed by atoms with Crippen molar-refractivity contribution in [1.82, 2.24) is 0 Å². The number of carbonyl (C=O) groups is 2. The summed E-state index contributed by atoms with van der Waals surface area (Å²) in [5, 5.41) is 16.3. The van der Waals surface area contributed by atoms with Gasteiger partial charge in [0.05, 0.1) is 11.9 Å². The van der Waals surface area contributed by atoms with Crippen molar-refractivity contribution in [2.24, 2.45) is 5.73 Å². The molecule has 0 aromatic heterocycles. The zero-order valence-corrected chi connectivity index (χ0v) is 5.07. The van der Waals surface area contributed by atoms with Gasteiger partial charge in [-0.1, -0.05) is 0 Å². The van der Waals surface area contributed by atoms with E-state index in [1.54, 1.807) is 0 Å². The van der Waals surface area contributed by atoms with Crippen molar-refractivity contribution < 1.29 is 19.8 Å². The fourth-order valence-electron chi connectivity index (χ4n) is 0.326. The van der Waals surface area contributed by atoms with Crippen LogP contribution in [0, 0.1) is 0 Å². The van der Waals surface area contributed by atoms with Crippen LogP contribution in [0.3, 0.4) is 0 Å². The average molecular weight is 143 g/mol. The lowest BCUT2D eigenvalue weighted by molar-refractivity contribution is -0.146. The molecular weight excluding hydrogens is 137 g/mol. The summed E-state index contributed by atoms with van der Waals surface area (Å²) in [6, 6.07) is 0. The van der Waals surface area contributed by atoms with Gasteiger partial charge in [-0.15, -0.1) is 0 Å². The highest BCUT2D eigenvalue weighted by Crippen LogP contribution is 2.00. The summed E-state index contributed by atoms with van der Waals surface area (Å²) in [4.78, 5) is 19.9. The average Bonchev–Trinajstić information content (AvgIpc) is 1.60. The Labute approximate surface area is 58.2 Å². The van der Waals surface area contributed by atoms with Crippen LogP contribution in [0.4, 0.5) is 0 Å². The lowest BCUT2D eigenvalue weighted by Gasteiger charge is -2.15. The standard InChI is InChI=1S/C4H6BNO4/c5-4(6,3(9)10)1-2(7)8/h1,6H2,(H,7,8)(H,9,10). The Morgan fingerprint density at radius 2 is 1.90 bits per heavy atom. The zero-order valence-electron chi connectivity index (χ0n) is 5.07. The van der Waals surface area contributed by atoms with Crippen LogP contribution in [0.2, 0.25) is 0 Å². The Hall–Kier alpha value is -1.04. The molecule has 5 nitrogen and oxygen atoms in total. The van der Waals surface area contributed by atoms with Gasteiger partial charge in [0.2, 0.25) is 0 Å². The Morgan fingerprint density at radius 3 is 2.00 bits per heavy atom. The molecule has 0 fully saturated rings. The van der Waals surface area contributed by atoms with Gasteiger partial charge in [-0.3, -0.25) is 9.59 Å². The first-order valence-corrected chi connectivity index (χ1v) is 2.39. The normalized spacial score (nSPS) is 15.7. The molecule has 0 aliphatic rings. The largest absolute Gasteiger partial charge is 0.481 e. The van der Waals surface area contributed by atoms with Gasteiger partial charge in [0.15, 0.2) is 0 Å². The topological polar surface area (TPSA) is 101 Å². The van der Waals surface area contributed by atoms with Gasteiger partial charge in [0.25, 0.3) is 0 Å². The van der Waals surface area contributed by atoms with Crippen LogP contribution in [0.5, 0.6) is 0 Å². The Morgan fingerprint density at radius 1 is 1.50 bits per heavy atom. The van der Waals surface area contributed by atoms with E-state index in [4.69, 9.17) is 23.8 Å². The fourth-order valence-corrected chi connectivity index (χ4v) is 0.326. The minimum Gasteiger partial charge on any atom is -0.481 e. The molecule has 0 heterocycles. The van der Waals surface area contributed by atoms with Gasteiger partial charge >= 0.3 is 11.9 Å². The van der Waals surface area contributed by atoms with Crippen molar-refractivity contribution in [1.29, 1.82) is 0 Å². The van der Waals surface area contributed by atoms with Crippen molar-refractivity contribution in [2.75, 3.05) is 0 Å². The third-order valence-corrected chi connectivity index (χ3v) is 0.842. The number of hydrogen-bond donors (Lipinski definition) is 3. The second kappa shape index (κ2) is 2.70. The summed E-state index contributed by atoms with van der Waals surface area (Å²) in [6.07, 6.45) is -0.789. The summed E-state index contributed by atoms with van der Waals surface area (Å²) in [5.41, 5.74) is 2.70. The van der Waals surface area contributed by atoms with Crippen molar-refractivity contribution in [3.8, 4) is 0 Å². The maximum atomic E-state index is 10.0. The van der Waals surface area contributed by atoms with Crippen molar-refractivity contribution in [3.05, 3.63) is 0 Å². The van der Waals surface area contributed by atoms with Gasteiger partial charge < -0.3 is 15.9 Å². The maximum Gasteiger partial charge on any atom is 0.314 e. The third-order valence-electron chi connectivity index (χ3n) is 0.842. The van der Waals surface area contributed by atoms with Crippen LogP contribution >= 0.6 is 0 Å². The predicted molar refractivity (Wildman–Crippen MR) is 32.6 cm³/mol. The quantitative estimate of drug-likeness (QED) is 0.411. The summed E-state index contributed by atoms with van der Waals surface area (Å²) in [7, 11) is 4.86. The molecule has 4 N–H and O–H groups in total. The molecule has 0 spiro atoms. The second-order valence-electron chi connectivity index (χ2n) is 1.92. The number of rotatable bonds is 3. The summed E-state index contributed by atoms with van der Waals surface area (Å²) >= 11 is 0. The van der Waals surface area contributed by atoms with Crippen LogP contribution in [0.1, 0.15) is 6.42 Å². The first-order valence-electron chi connectivity index (χ1n) is 2.39. The predicted octanol–water partition coefficient (Wildman–Crippen LogP) is -1.63. The number of aliphatic carboxylic acids is 2. The van der Waals surface area contributed by atoms with Crippen LogP contribution in [-0.2, 0) is 9.59 Å². The molecule has 0 saturated carbocycles. The van der Waals surface area contributed by atoms with E-state index in [0.717, 1.165) is 0 Å². The van der Waals surface area contributed by atoms with Gasteiger partial charge in [-0.2, -0.15) is 0 Å². The molecule has 0 aromatic carbocycles. The highest BCUT2D eigenvalue weighted by Gasteiger charge is 2.29. The lowest BCUT2D eigenvalue weighted by atomic mass is 9.76. The number of nitrogens with two attached hydrogens (primary N) is 1. The van der Waals surface area contributed by atoms with Crippen molar-refractivity contribution in [2.45, 2.75) is 11.9 Å². The van der Waals surface area contributed by atoms with Crippen LogP contribution in [0.25, 0.3) is 0 Å². The molecule has 0 rings (SSSR count). The second-order valence-corrected chi connectivity index (χ2v) is 1.92. The van der Waals surface area contributed by atoms with E-state index in [9.17, 15) is 9.59 Å². The third kappa shape index (κ3) is 2.50. The Bertz CT molecular complexity index is 167. The molecule has 6 heteroatoms. The maximum absolute atomic E-state index is 10.0. The first-order chi connectivity index (χ1) is 4.36. The number of carboxylic acid groups (broad SMARTS) is 2. The molecule has 0 aromatic rings. The summed E-state index contributed by atoms with van der Waals surface area (Å²) in [6.45, 7) is 0. The first kappa shape index (κ1) is 8.96. The van der Waals surface area contributed by atoms with E-state index in [-0.39, 0.29) is 0 Å². The molecule has 54 valence electrons. The molecule has 0 bridgehead atoms. The van der Waals surface area contributed by atoms with Crippen LogP contribution < -0.4 is 5.73 Å². The minimum atomic E-state index is -2.16. The van der Waals surface area contributed by atoms with Crippen molar-refractivity contribution >= 4 is 19.8 Å². The molecule has 0 aliphatic carbocycles. The lowest BCUT2D eigenvalue weighted by Crippen LogP contribution is -2.50. The smallest absolute Gasteiger partial charge is 0.314 e. The van der Waals surface area contributed by atoms with E-state index in [0.29, 0.717) is 0 Å². The van der Waals surface area contributed by atoms with E-state index < -0.39 is 23.8 Å². The Balaban J connectivity index is 4.13. The summed E-state index contributed by atoms with van der Waals surface area (Å²) < 4.78 is 0. The monoisotopic (exact) mass is 143 g/mol. The summed E-state index contributed by atoms with van der Waals surface area (Å²) in [5.74, 6) is -2.87. The Kier molecular flexibility index (Phi) is 2.42. The van der Waals surface area contributed by atoms with Gasteiger partial charge in [0.1, 0.15) is 7.85 Å². The van der Waals surface area contributed by atoms with Gasteiger partial charge in [-0.25, -0.2) is 0 Å². The molecule has 0 aliphatic heterocycles. The van der Waals surface area contributed by atoms with E-state index in [1.807, 2.05) is 0 Å². The van der Waals surface area contributed by atoms with Gasteiger partial charge in [-0.05, 0) is 0 Å². The van der Waals surface area contributed by atoms with E-state index in [1.165, 1.54) is 0 Å². The molecule has 2 radical (unpaired) electrons. The highest BCUT2D eigenvalue weighted by atomic mass is 16.4. The number of carboxylic acids is 2. The van der Waals surface area contributed by atoms with Crippen LogP contribution in [-0.4, -0.2) is 35.4 Å². The molecular formula is C4H6BNO4. The van der Waals surface area contributed by atoms with E-state index in [2.05, 4.69) is 0 Å². The van der Waals surface area contributed by atoms with Crippen LogP contribution in [0.15, 0.2) is 0 Å². The number of hydrogen-bond acceptors (Lipinski definition) is 3. The fraction of sp³-hybridized carbons (Fsp3) is 0.500. The van der Waals surface area contributed by atoms with Crippen molar-refractivity contribution in [3.63, 3.8) is 0 Å². The molecule has 0 saturated heterocycles. The molecule has 0 amide bonds. The van der Waals surface area contributed by atoms with Gasteiger partial charge in [0, 0.05) is 0 Å². The molecule has 10 heavy (non-hydrogen) atoms. The molecule has 1 unspecified atom stereocenters. The zero-order chi connectivity index (χ0) is 8.36. The highest BCUT2D eigenvalue weighted by molar-refractivity contribution is 6.27. The minimum absolute atomic E-state index is 0.789. The molecule has 1 atom stereocenters. The van der Waals surface area contributed by atoms with E-state index >= 15 is 0 Å².